The van der Waals surface area contributed by atoms with Crippen molar-refractivity contribution in [2.24, 2.45) is 0 Å². The first kappa shape index (κ1) is 15.9. The molecule has 1 aromatic heterocycles. The van der Waals surface area contributed by atoms with Crippen LogP contribution >= 0.6 is 0 Å². The van der Waals surface area contributed by atoms with E-state index in [4.69, 9.17) is 4.42 Å². The van der Waals surface area contributed by atoms with Gasteiger partial charge in [0, 0.05) is 25.9 Å². The van der Waals surface area contributed by atoms with Gasteiger partial charge in [-0.3, -0.25) is 4.79 Å². The lowest BCUT2D eigenvalue weighted by Crippen LogP contribution is -2.39. The van der Waals surface area contributed by atoms with Gasteiger partial charge in [-0.05, 0) is 49.3 Å². The summed E-state index contributed by atoms with van der Waals surface area (Å²) in [7, 11) is 1.96. The highest BCUT2D eigenvalue weighted by atomic mass is 16.3. The summed E-state index contributed by atoms with van der Waals surface area (Å²) >= 11 is 0. The van der Waals surface area contributed by atoms with E-state index in [1.165, 1.54) is 18.4 Å². The fraction of sp³-hybridized carbons (Fsp3) is 0.450. The minimum atomic E-state index is 0.226. The summed E-state index contributed by atoms with van der Waals surface area (Å²) < 4.78 is 5.30. The van der Waals surface area contributed by atoms with Gasteiger partial charge in [0.1, 0.15) is 5.76 Å². The molecule has 3 rings (SSSR count). The van der Waals surface area contributed by atoms with E-state index < -0.39 is 0 Å². The molecule has 0 unspecified atom stereocenters. The first-order valence-corrected chi connectivity index (χ1v) is 8.57. The highest BCUT2D eigenvalue weighted by Gasteiger charge is 2.27. The Balaban J connectivity index is 1.47. The molecule has 1 saturated carbocycles. The van der Waals surface area contributed by atoms with E-state index in [0.717, 1.165) is 18.6 Å². The molecule has 1 fully saturated rings. The molecule has 1 aromatic carbocycles. The van der Waals surface area contributed by atoms with Crippen molar-refractivity contribution in [1.82, 2.24) is 4.90 Å². The second kappa shape index (κ2) is 7.49. The number of furan rings is 1. The van der Waals surface area contributed by atoms with E-state index in [9.17, 15) is 4.79 Å². The number of rotatable bonds is 5. The number of carbonyl (C=O) groups excluding carboxylic acids is 1. The molecule has 0 aliphatic heterocycles. The van der Waals surface area contributed by atoms with Crippen molar-refractivity contribution in [3.8, 4) is 0 Å². The van der Waals surface area contributed by atoms with Crippen molar-refractivity contribution in [2.45, 2.75) is 50.5 Å². The third-order valence-corrected chi connectivity index (χ3v) is 5.07. The largest absolute Gasteiger partial charge is 0.469 e. The summed E-state index contributed by atoms with van der Waals surface area (Å²) in [4.78, 5) is 14.3. The summed E-state index contributed by atoms with van der Waals surface area (Å²) in [5.41, 5.74) is 1.44. The Labute approximate surface area is 138 Å². The number of hydrogen-bond acceptors (Lipinski definition) is 2. The Hall–Kier alpha value is -2.03. The van der Waals surface area contributed by atoms with Crippen molar-refractivity contribution in [1.29, 1.82) is 0 Å². The number of carbonyl (C=O) groups is 1. The standard InChI is InChI=1S/C20H25NO2/c1-21(20(22)14-13-19-8-5-15-23-19)18-11-9-17(10-12-18)16-6-3-2-4-7-16/h2-8,15,17-18H,9-14H2,1H3. The summed E-state index contributed by atoms with van der Waals surface area (Å²) in [5.74, 6) is 1.77. The van der Waals surface area contributed by atoms with E-state index in [0.29, 0.717) is 24.8 Å². The maximum absolute atomic E-state index is 12.4. The maximum atomic E-state index is 12.4. The van der Waals surface area contributed by atoms with Gasteiger partial charge in [0.2, 0.25) is 5.91 Å². The molecular formula is C20H25NO2. The van der Waals surface area contributed by atoms with Crippen molar-refractivity contribution in [2.75, 3.05) is 7.05 Å². The van der Waals surface area contributed by atoms with Crippen LogP contribution in [-0.2, 0) is 11.2 Å². The van der Waals surface area contributed by atoms with Gasteiger partial charge in [-0.15, -0.1) is 0 Å². The molecule has 1 aliphatic rings. The molecule has 1 aliphatic carbocycles. The molecular weight excluding hydrogens is 286 g/mol. The zero-order chi connectivity index (χ0) is 16.1. The van der Waals surface area contributed by atoms with Gasteiger partial charge in [-0.25, -0.2) is 0 Å². The molecule has 23 heavy (non-hydrogen) atoms. The summed E-state index contributed by atoms with van der Waals surface area (Å²) in [5, 5.41) is 0. The minimum Gasteiger partial charge on any atom is -0.469 e. The highest BCUT2D eigenvalue weighted by molar-refractivity contribution is 5.76. The third kappa shape index (κ3) is 4.04. The van der Waals surface area contributed by atoms with Crippen LogP contribution in [0.3, 0.4) is 0 Å². The van der Waals surface area contributed by atoms with Crippen LogP contribution < -0.4 is 0 Å². The van der Waals surface area contributed by atoms with Crippen molar-refractivity contribution >= 4 is 5.91 Å². The smallest absolute Gasteiger partial charge is 0.223 e. The molecule has 0 saturated heterocycles. The fourth-order valence-electron chi connectivity index (χ4n) is 3.59. The third-order valence-electron chi connectivity index (χ3n) is 5.07. The fourth-order valence-corrected chi connectivity index (χ4v) is 3.59. The minimum absolute atomic E-state index is 0.226. The lowest BCUT2D eigenvalue weighted by molar-refractivity contribution is -0.132. The van der Waals surface area contributed by atoms with Gasteiger partial charge in [0.05, 0.1) is 6.26 Å². The van der Waals surface area contributed by atoms with Crippen LogP contribution in [0.5, 0.6) is 0 Å². The van der Waals surface area contributed by atoms with Crippen molar-refractivity contribution < 1.29 is 9.21 Å². The van der Waals surface area contributed by atoms with Crippen LogP contribution in [0.1, 0.15) is 49.3 Å². The molecule has 0 N–H and O–H groups in total. The van der Waals surface area contributed by atoms with E-state index in [1.807, 2.05) is 24.1 Å². The number of amides is 1. The van der Waals surface area contributed by atoms with Crippen molar-refractivity contribution in [3.05, 3.63) is 60.1 Å². The van der Waals surface area contributed by atoms with Gasteiger partial charge in [0.15, 0.2) is 0 Å². The average molecular weight is 311 g/mol. The molecule has 3 heteroatoms. The topological polar surface area (TPSA) is 33.5 Å². The number of aryl methyl sites for hydroxylation is 1. The van der Waals surface area contributed by atoms with Crippen LogP contribution in [-0.4, -0.2) is 23.9 Å². The molecule has 0 radical (unpaired) electrons. The SMILES string of the molecule is CN(C(=O)CCc1ccco1)C1CCC(c2ccccc2)CC1. The molecule has 3 nitrogen and oxygen atoms in total. The van der Waals surface area contributed by atoms with E-state index in [-0.39, 0.29) is 5.91 Å². The van der Waals surface area contributed by atoms with E-state index >= 15 is 0 Å². The first-order chi connectivity index (χ1) is 11.2. The number of benzene rings is 1. The van der Waals surface area contributed by atoms with Crippen LogP contribution in [0.25, 0.3) is 0 Å². The molecule has 122 valence electrons. The quantitative estimate of drug-likeness (QED) is 0.820. The summed E-state index contributed by atoms with van der Waals surface area (Å²) in [6.07, 6.45) is 7.42. The second-order valence-corrected chi connectivity index (χ2v) is 6.50. The summed E-state index contributed by atoms with van der Waals surface area (Å²) in [6.45, 7) is 0. The monoisotopic (exact) mass is 311 g/mol. The molecule has 2 aromatic rings. The van der Waals surface area contributed by atoms with Gasteiger partial charge in [0.25, 0.3) is 0 Å². The first-order valence-electron chi connectivity index (χ1n) is 8.57. The van der Waals surface area contributed by atoms with Crippen LogP contribution in [0.15, 0.2) is 53.1 Å². The Morgan fingerprint density at radius 1 is 1.09 bits per heavy atom. The Morgan fingerprint density at radius 3 is 2.48 bits per heavy atom. The van der Waals surface area contributed by atoms with Gasteiger partial charge < -0.3 is 9.32 Å². The normalized spacial score (nSPS) is 21.1. The molecule has 1 heterocycles. The lowest BCUT2D eigenvalue weighted by atomic mass is 9.81. The van der Waals surface area contributed by atoms with Gasteiger partial charge >= 0.3 is 0 Å². The van der Waals surface area contributed by atoms with E-state index in [2.05, 4.69) is 30.3 Å². The van der Waals surface area contributed by atoms with E-state index in [1.54, 1.807) is 6.26 Å². The maximum Gasteiger partial charge on any atom is 0.223 e. The van der Waals surface area contributed by atoms with Crippen LogP contribution in [0, 0.1) is 0 Å². The molecule has 0 bridgehead atoms. The predicted octanol–water partition coefficient (Wildman–Crippen LogP) is 4.40. The zero-order valence-electron chi connectivity index (χ0n) is 13.8. The molecule has 1 amide bonds. The Morgan fingerprint density at radius 2 is 1.83 bits per heavy atom. The van der Waals surface area contributed by atoms with Crippen LogP contribution in [0.4, 0.5) is 0 Å². The zero-order valence-corrected chi connectivity index (χ0v) is 13.8. The second-order valence-electron chi connectivity index (χ2n) is 6.50. The van der Waals surface area contributed by atoms with Gasteiger partial charge in [-0.2, -0.15) is 0 Å². The Kier molecular flexibility index (Phi) is 5.16. The number of hydrogen-bond donors (Lipinski definition) is 0. The average Bonchev–Trinajstić information content (AvgIpc) is 3.13. The predicted molar refractivity (Wildman–Crippen MR) is 91.2 cm³/mol. The van der Waals surface area contributed by atoms with Crippen LogP contribution in [0.2, 0.25) is 0 Å². The summed E-state index contributed by atoms with van der Waals surface area (Å²) in [6, 6.07) is 14.9. The van der Waals surface area contributed by atoms with Gasteiger partial charge in [-0.1, -0.05) is 30.3 Å². The van der Waals surface area contributed by atoms with Crippen molar-refractivity contribution in [3.63, 3.8) is 0 Å². The highest BCUT2D eigenvalue weighted by Crippen LogP contribution is 2.34. The lowest BCUT2D eigenvalue weighted by Gasteiger charge is -2.35. The molecule has 0 atom stereocenters. The Bertz CT molecular complexity index is 598. The molecule has 0 spiro atoms. The number of nitrogens with zero attached hydrogens (tertiary/aromatic N) is 1.